The van der Waals surface area contributed by atoms with Crippen LogP contribution in [0.15, 0.2) is 24.3 Å². The average Bonchev–Trinajstić information content (AvgIpc) is 2.26. The van der Waals surface area contributed by atoms with Crippen molar-refractivity contribution in [2.45, 2.75) is 13.0 Å². The molecule has 0 aliphatic carbocycles. The van der Waals surface area contributed by atoms with Gasteiger partial charge in [0.25, 0.3) is 0 Å². The fourth-order valence-corrected chi connectivity index (χ4v) is 1.21. The maximum absolute atomic E-state index is 10.9. The molecule has 0 bridgehead atoms. The Morgan fingerprint density at radius 1 is 1.40 bits per heavy atom. The summed E-state index contributed by atoms with van der Waals surface area (Å²) in [4.78, 5) is 10.9. The summed E-state index contributed by atoms with van der Waals surface area (Å²) in [7, 11) is 1.62. The fraction of sp³-hybridized carbons (Fsp3) is 0.364. The van der Waals surface area contributed by atoms with Gasteiger partial charge in [-0.2, -0.15) is 0 Å². The molecule has 0 aromatic heterocycles. The van der Waals surface area contributed by atoms with Crippen LogP contribution in [0.1, 0.15) is 12.0 Å². The van der Waals surface area contributed by atoms with Crippen molar-refractivity contribution in [3.8, 4) is 5.75 Å². The first kappa shape index (κ1) is 11.5. The van der Waals surface area contributed by atoms with Crippen LogP contribution >= 0.6 is 0 Å². The molecule has 0 spiro atoms. The highest BCUT2D eigenvalue weighted by atomic mass is 16.3. The first-order chi connectivity index (χ1) is 7.24. The van der Waals surface area contributed by atoms with Gasteiger partial charge in [0.15, 0.2) is 0 Å². The molecule has 1 aromatic rings. The van der Waals surface area contributed by atoms with E-state index in [1.165, 1.54) is 0 Å². The average molecular weight is 208 g/mol. The number of hydrogen-bond acceptors (Lipinski definition) is 3. The number of carbonyl (C=O) groups is 1. The third-order valence-corrected chi connectivity index (χ3v) is 2.11. The molecule has 1 aromatic carbocycles. The van der Waals surface area contributed by atoms with E-state index < -0.39 is 0 Å². The van der Waals surface area contributed by atoms with E-state index in [4.69, 9.17) is 0 Å². The first-order valence-corrected chi connectivity index (χ1v) is 4.92. The number of phenols is 1. The molecule has 0 heterocycles. The zero-order valence-electron chi connectivity index (χ0n) is 8.79. The molecule has 0 aliphatic heterocycles. The van der Waals surface area contributed by atoms with Crippen LogP contribution in [0.25, 0.3) is 0 Å². The number of carbonyl (C=O) groups excluding carboxylic acids is 1. The lowest BCUT2D eigenvalue weighted by Gasteiger charge is -2.05. The van der Waals surface area contributed by atoms with Gasteiger partial charge < -0.3 is 15.7 Å². The Hall–Kier alpha value is -1.55. The third-order valence-electron chi connectivity index (χ3n) is 2.11. The molecular formula is C11H16N2O2. The van der Waals surface area contributed by atoms with Crippen LogP contribution < -0.4 is 10.6 Å². The zero-order valence-corrected chi connectivity index (χ0v) is 8.79. The molecular weight excluding hydrogens is 192 g/mol. The molecule has 0 aliphatic rings. The summed E-state index contributed by atoms with van der Waals surface area (Å²) in [6, 6.07) is 7.15. The largest absolute Gasteiger partial charge is 0.508 e. The Bertz CT molecular complexity index is 326. The predicted molar refractivity (Wildman–Crippen MR) is 58.5 cm³/mol. The minimum atomic E-state index is 0.0137. The van der Waals surface area contributed by atoms with Crippen LogP contribution in [0, 0.1) is 0 Å². The van der Waals surface area contributed by atoms with Crippen molar-refractivity contribution in [3.05, 3.63) is 29.8 Å². The maximum atomic E-state index is 10.9. The zero-order chi connectivity index (χ0) is 11.1. The van der Waals surface area contributed by atoms with Crippen molar-refractivity contribution in [2.24, 2.45) is 0 Å². The van der Waals surface area contributed by atoms with Crippen LogP contribution in [0.3, 0.4) is 0 Å². The van der Waals surface area contributed by atoms with Crippen molar-refractivity contribution in [1.29, 1.82) is 0 Å². The number of benzene rings is 1. The number of rotatable bonds is 5. The van der Waals surface area contributed by atoms with Crippen molar-refractivity contribution in [3.63, 3.8) is 0 Å². The lowest BCUT2D eigenvalue weighted by molar-refractivity contribution is -0.120. The van der Waals surface area contributed by atoms with E-state index >= 15 is 0 Å². The molecule has 4 heteroatoms. The number of amides is 1. The van der Waals surface area contributed by atoms with Crippen molar-refractivity contribution in [2.75, 3.05) is 13.6 Å². The van der Waals surface area contributed by atoms with Crippen LogP contribution in [-0.2, 0) is 11.3 Å². The first-order valence-electron chi connectivity index (χ1n) is 4.92. The van der Waals surface area contributed by atoms with Gasteiger partial charge in [-0.1, -0.05) is 18.2 Å². The number of nitrogens with one attached hydrogen (secondary N) is 2. The monoisotopic (exact) mass is 208 g/mol. The van der Waals surface area contributed by atoms with Crippen molar-refractivity contribution >= 4 is 5.91 Å². The van der Waals surface area contributed by atoms with Gasteiger partial charge in [0, 0.05) is 32.1 Å². The number of hydrogen-bond donors (Lipinski definition) is 3. The molecule has 0 saturated carbocycles. The highest BCUT2D eigenvalue weighted by Gasteiger charge is 2.00. The smallest absolute Gasteiger partial charge is 0.221 e. The van der Waals surface area contributed by atoms with Crippen molar-refractivity contribution < 1.29 is 9.90 Å². The van der Waals surface area contributed by atoms with Crippen LogP contribution in [0.4, 0.5) is 0 Å². The van der Waals surface area contributed by atoms with Gasteiger partial charge in [0.1, 0.15) is 5.75 Å². The topological polar surface area (TPSA) is 61.4 Å². The molecule has 1 amide bonds. The Kier molecular flexibility index (Phi) is 4.63. The summed E-state index contributed by atoms with van der Waals surface area (Å²) in [5.74, 6) is 0.296. The molecule has 4 nitrogen and oxygen atoms in total. The Balaban J connectivity index is 2.26. The molecule has 0 fully saturated rings. The van der Waals surface area contributed by atoms with Gasteiger partial charge in [0.2, 0.25) is 5.91 Å². The Morgan fingerprint density at radius 2 is 2.13 bits per heavy atom. The quantitative estimate of drug-likeness (QED) is 0.622. The SMILES string of the molecule is CNC(=O)CCNCc1ccccc1O. The number of para-hydroxylation sites is 1. The van der Waals surface area contributed by atoms with E-state index in [0.29, 0.717) is 19.5 Å². The summed E-state index contributed by atoms with van der Waals surface area (Å²) in [5, 5.41) is 15.1. The van der Waals surface area contributed by atoms with Crippen LogP contribution in [-0.4, -0.2) is 24.6 Å². The van der Waals surface area contributed by atoms with E-state index in [2.05, 4.69) is 10.6 Å². The third kappa shape index (κ3) is 3.99. The van der Waals surface area contributed by atoms with E-state index in [0.717, 1.165) is 5.56 Å². The highest BCUT2D eigenvalue weighted by molar-refractivity contribution is 5.75. The van der Waals surface area contributed by atoms with E-state index in [9.17, 15) is 9.90 Å². The van der Waals surface area contributed by atoms with E-state index in [-0.39, 0.29) is 11.7 Å². The lowest BCUT2D eigenvalue weighted by Crippen LogP contribution is -2.24. The van der Waals surface area contributed by atoms with Crippen molar-refractivity contribution in [1.82, 2.24) is 10.6 Å². The minimum absolute atomic E-state index is 0.0137. The molecule has 0 saturated heterocycles. The normalized spacial score (nSPS) is 9.93. The summed E-state index contributed by atoms with van der Waals surface area (Å²) in [6.07, 6.45) is 0.449. The lowest BCUT2D eigenvalue weighted by atomic mass is 10.2. The second kappa shape index (κ2) is 6.03. The van der Waals surface area contributed by atoms with Gasteiger partial charge in [-0.3, -0.25) is 4.79 Å². The minimum Gasteiger partial charge on any atom is -0.508 e. The molecule has 1 rings (SSSR count). The standard InChI is InChI=1S/C11H16N2O2/c1-12-11(15)6-7-13-8-9-4-2-3-5-10(9)14/h2-5,13-14H,6-8H2,1H3,(H,12,15). The molecule has 0 radical (unpaired) electrons. The van der Waals surface area contributed by atoms with Gasteiger partial charge in [-0.15, -0.1) is 0 Å². The van der Waals surface area contributed by atoms with E-state index in [1.54, 1.807) is 19.2 Å². The maximum Gasteiger partial charge on any atom is 0.221 e. The van der Waals surface area contributed by atoms with Crippen LogP contribution in [0.2, 0.25) is 0 Å². The highest BCUT2D eigenvalue weighted by Crippen LogP contribution is 2.14. The Morgan fingerprint density at radius 3 is 2.80 bits per heavy atom. The Labute approximate surface area is 89.3 Å². The summed E-state index contributed by atoms with van der Waals surface area (Å²) in [5.41, 5.74) is 0.842. The van der Waals surface area contributed by atoms with Gasteiger partial charge in [0.05, 0.1) is 0 Å². The second-order valence-corrected chi connectivity index (χ2v) is 3.23. The van der Waals surface area contributed by atoms with E-state index in [1.807, 2.05) is 12.1 Å². The molecule has 0 atom stereocenters. The summed E-state index contributed by atoms with van der Waals surface area (Å²) >= 11 is 0. The molecule has 82 valence electrons. The summed E-state index contributed by atoms with van der Waals surface area (Å²) in [6.45, 7) is 1.18. The van der Waals surface area contributed by atoms with Gasteiger partial charge in [-0.25, -0.2) is 0 Å². The molecule has 15 heavy (non-hydrogen) atoms. The second-order valence-electron chi connectivity index (χ2n) is 3.23. The molecule has 3 N–H and O–H groups in total. The number of phenolic OH excluding ortho intramolecular Hbond substituents is 1. The predicted octanol–water partition coefficient (Wildman–Crippen LogP) is 0.618. The molecule has 0 unspecified atom stereocenters. The number of aromatic hydroxyl groups is 1. The van der Waals surface area contributed by atoms with Crippen LogP contribution in [0.5, 0.6) is 5.75 Å². The fourth-order valence-electron chi connectivity index (χ4n) is 1.21. The van der Waals surface area contributed by atoms with Gasteiger partial charge in [-0.05, 0) is 6.07 Å². The van der Waals surface area contributed by atoms with Gasteiger partial charge >= 0.3 is 0 Å². The summed E-state index contributed by atoms with van der Waals surface area (Å²) < 4.78 is 0.